The summed E-state index contributed by atoms with van der Waals surface area (Å²) < 4.78 is 32.1. The molecule has 4 N–H and O–H groups in total. The summed E-state index contributed by atoms with van der Waals surface area (Å²) in [7, 11) is -4.69. The summed E-state index contributed by atoms with van der Waals surface area (Å²) in [6.45, 7) is 2.55. The molecular weight excluding hydrogens is 565 g/mol. The highest BCUT2D eigenvalue weighted by Gasteiger charge is 2.28. The number of aliphatic carboxylic acids is 1. The van der Waals surface area contributed by atoms with Crippen LogP contribution < -0.4 is 5.73 Å². The van der Waals surface area contributed by atoms with Crippen LogP contribution in [-0.2, 0) is 37.5 Å². The number of carboxylic acids is 1. The lowest BCUT2D eigenvalue weighted by Crippen LogP contribution is -2.34. The highest BCUT2D eigenvalue weighted by atomic mass is 31.2. The van der Waals surface area contributed by atoms with Crippen LogP contribution in [0.1, 0.15) is 117 Å². The lowest BCUT2D eigenvalue weighted by atomic mass is 10.1. The molecule has 0 aliphatic heterocycles. The first-order chi connectivity index (χ1) is 20.1. The van der Waals surface area contributed by atoms with Gasteiger partial charge in [-0.25, -0.2) is 4.57 Å². The predicted octanol–water partition coefficient (Wildman–Crippen LogP) is 6.38. The van der Waals surface area contributed by atoms with E-state index in [1.807, 2.05) is 0 Å². The number of carbonyl (C=O) groups excluding carboxylic acids is 2. The molecule has 3 atom stereocenters. The van der Waals surface area contributed by atoms with Crippen molar-refractivity contribution in [2.75, 3.05) is 19.8 Å². The molecular formula is C30H54NO10P. The normalized spacial score (nSPS) is 14.6. The van der Waals surface area contributed by atoms with Crippen LogP contribution in [0.4, 0.5) is 0 Å². The van der Waals surface area contributed by atoms with Gasteiger partial charge >= 0.3 is 25.7 Å². The van der Waals surface area contributed by atoms with Gasteiger partial charge in [-0.3, -0.25) is 23.4 Å². The number of hydrogen-bond acceptors (Lipinski definition) is 9. The van der Waals surface area contributed by atoms with E-state index in [9.17, 15) is 23.8 Å². The summed E-state index contributed by atoms with van der Waals surface area (Å²) in [5, 5.41) is 8.78. The highest BCUT2D eigenvalue weighted by molar-refractivity contribution is 7.47. The van der Waals surface area contributed by atoms with E-state index < -0.39 is 51.1 Å². The lowest BCUT2D eigenvalue weighted by molar-refractivity contribution is -0.161. The summed E-state index contributed by atoms with van der Waals surface area (Å²) in [5.74, 6) is -2.42. The molecule has 0 aromatic rings. The summed E-state index contributed by atoms with van der Waals surface area (Å²) in [5.41, 5.74) is 5.27. The minimum absolute atomic E-state index is 0.145. The summed E-state index contributed by atoms with van der Waals surface area (Å²) in [6.07, 6.45) is 21.9. The summed E-state index contributed by atoms with van der Waals surface area (Å²) in [4.78, 5) is 45.0. The Morgan fingerprint density at radius 3 is 1.93 bits per heavy atom. The molecule has 12 heteroatoms. The Balaban J connectivity index is 4.46. The molecule has 11 nitrogen and oxygen atoms in total. The van der Waals surface area contributed by atoms with Crippen molar-refractivity contribution in [3.05, 3.63) is 24.3 Å². The van der Waals surface area contributed by atoms with Gasteiger partial charge in [-0.15, -0.1) is 0 Å². The highest BCUT2D eigenvalue weighted by Crippen LogP contribution is 2.43. The number of ether oxygens (including phenoxy) is 2. The van der Waals surface area contributed by atoms with E-state index in [-0.39, 0.29) is 19.4 Å². The van der Waals surface area contributed by atoms with Crippen molar-refractivity contribution in [1.82, 2.24) is 0 Å². The third-order valence-electron chi connectivity index (χ3n) is 6.20. The van der Waals surface area contributed by atoms with Crippen molar-refractivity contribution in [2.45, 2.75) is 129 Å². The second-order valence-corrected chi connectivity index (χ2v) is 11.7. The molecule has 0 saturated heterocycles. The van der Waals surface area contributed by atoms with Crippen molar-refractivity contribution in [3.8, 4) is 0 Å². The number of carbonyl (C=O) groups is 3. The van der Waals surface area contributed by atoms with E-state index in [4.69, 9.17) is 24.8 Å². The Bertz CT molecular complexity index is 833. The van der Waals surface area contributed by atoms with E-state index in [1.165, 1.54) is 12.8 Å². The van der Waals surface area contributed by atoms with Crippen LogP contribution in [-0.4, -0.2) is 59.9 Å². The zero-order chi connectivity index (χ0) is 31.5. The van der Waals surface area contributed by atoms with Crippen LogP contribution in [0.25, 0.3) is 0 Å². The number of hydrogen-bond donors (Lipinski definition) is 3. The van der Waals surface area contributed by atoms with Crippen LogP contribution in [0.3, 0.4) is 0 Å². The Hall–Kier alpha value is -2.04. The van der Waals surface area contributed by atoms with Crippen LogP contribution >= 0.6 is 7.82 Å². The van der Waals surface area contributed by atoms with Gasteiger partial charge in [-0.1, -0.05) is 89.5 Å². The zero-order valence-electron chi connectivity index (χ0n) is 25.6. The molecule has 0 spiro atoms. The van der Waals surface area contributed by atoms with Crippen LogP contribution in [0.5, 0.6) is 0 Å². The quantitative estimate of drug-likeness (QED) is 0.0384. The Morgan fingerprint density at radius 1 is 0.738 bits per heavy atom. The van der Waals surface area contributed by atoms with Gasteiger partial charge in [0.15, 0.2) is 6.10 Å². The van der Waals surface area contributed by atoms with Crippen molar-refractivity contribution >= 4 is 25.7 Å². The van der Waals surface area contributed by atoms with Gasteiger partial charge in [0.05, 0.1) is 13.2 Å². The molecule has 0 saturated carbocycles. The largest absolute Gasteiger partial charge is 0.480 e. The fourth-order valence-electron chi connectivity index (χ4n) is 3.67. The fraction of sp³-hybridized carbons (Fsp3) is 0.767. The third kappa shape index (κ3) is 25.7. The van der Waals surface area contributed by atoms with Gasteiger partial charge in [0.1, 0.15) is 12.6 Å². The number of nitrogens with two attached hydrogens (primary N) is 1. The topological polar surface area (TPSA) is 172 Å². The SMILES string of the molecule is CCCC/C=C\C/C=C\CCCCCCCC(=O)OC(COC(=O)CCCCCC)COP(=O)(O)OCC(N)C(=O)O. The van der Waals surface area contributed by atoms with E-state index in [1.54, 1.807) is 0 Å². The second-order valence-electron chi connectivity index (χ2n) is 10.2. The number of phosphoric acid groups is 1. The van der Waals surface area contributed by atoms with Crippen molar-refractivity contribution in [3.63, 3.8) is 0 Å². The monoisotopic (exact) mass is 619 g/mol. The maximum Gasteiger partial charge on any atom is 0.472 e. The number of phosphoric ester groups is 1. The van der Waals surface area contributed by atoms with Crippen molar-refractivity contribution in [1.29, 1.82) is 0 Å². The number of rotatable bonds is 28. The van der Waals surface area contributed by atoms with Gasteiger partial charge in [0.25, 0.3) is 0 Å². The van der Waals surface area contributed by atoms with Gasteiger partial charge in [0.2, 0.25) is 0 Å². The lowest BCUT2D eigenvalue weighted by Gasteiger charge is -2.20. The third-order valence-corrected chi connectivity index (χ3v) is 7.15. The number of allylic oxidation sites excluding steroid dienone is 4. The molecule has 0 fully saturated rings. The maximum absolute atomic E-state index is 12.4. The Labute approximate surface area is 251 Å². The van der Waals surface area contributed by atoms with Gasteiger partial charge < -0.3 is 25.2 Å². The van der Waals surface area contributed by atoms with Crippen molar-refractivity contribution in [2.24, 2.45) is 5.73 Å². The number of unbranched alkanes of at least 4 members (excludes halogenated alkanes) is 10. The molecule has 42 heavy (non-hydrogen) atoms. The summed E-state index contributed by atoms with van der Waals surface area (Å²) >= 11 is 0. The van der Waals surface area contributed by atoms with Gasteiger partial charge in [0, 0.05) is 12.8 Å². The molecule has 244 valence electrons. The molecule has 0 heterocycles. The molecule has 0 bridgehead atoms. The molecule has 0 aliphatic rings. The van der Waals surface area contributed by atoms with Crippen LogP contribution in [0.15, 0.2) is 24.3 Å². The molecule has 0 amide bonds. The maximum atomic E-state index is 12.4. The Kier molecular flexibility index (Phi) is 25.3. The average Bonchev–Trinajstić information content (AvgIpc) is 2.95. The van der Waals surface area contributed by atoms with Gasteiger partial charge in [-0.2, -0.15) is 0 Å². The zero-order valence-corrected chi connectivity index (χ0v) is 26.5. The molecule has 0 radical (unpaired) electrons. The smallest absolute Gasteiger partial charge is 0.472 e. The molecule has 0 aromatic heterocycles. The van der Waals surface area contributed by atoms with Crippen LogP contribution in [0, 0.1) is 0 Å². The first kappa shape index (κ1) is 40.0. The Morgan fingerprint density at radius 2 is 1.29 bits per heavy atom. The molecule has 0 rings (SSSR count). The second kappa shape index (κ2) is 26.6. The minimum atomic E-state index is -4.69. The van der Waals surface area contributed by atoms with Crippen LogP contribution in [0.2, 0.25) is 0 Å². The van der Waals surface area contributed by atoms with E-state index in [2.05, 4.69) is 42.7 Å². The van der Waals surface area contributed by atoms with E-state index in [0.717, 1.165) is 64.2 Å². The molecule has 0 aliphatic carbocycles. The predicted molar refractivity (Wildman–Crippen MR) is 162 cm³/mol. The first-order valence-corrected chi connectivity index (χ1v) is 16.9. The molecule has 0 aromatic carbocycles. The molecule has 3 unspecified atom stereocenters. The average molecular weight is 620 g/mol. The fourth-order valence-corrected chi connectivity index (χ4v) is 4.44. The van der Waals surface area contributed by atoms with E-state index >= 15 is 0 Å². The standard InChI is InChI=1S/C30H54NO10P/c1-3-5-7-9-10-11-12-13-14-15-16-17-18-20-22-29(33)41-26(23-38-28(32)21-19-8-6-4-2)24-39-42(36,37)40-25-27(31)30(34)35/h9-10,12-13,26-27H,3-8,11,14-25,31H2,1-2H3,(H,34,35)(H,36,37)/b10-9-,13-12-. The minimum Gasteiger partial charge on any atom is -0.480 e. The van der Waals surface area contributed by atoms with Crippen molar-refractivity contribution < 1.29 is 47.5 Å². The summed E-state index contributed by atoms with van der Waals surface area (Å²) in [6, 6.07) is -1.52. The van der Waals surface area contributed by atoms with Gasteiger partial charge in [-0.05, 0) is 38.5 Å². The number of carboxylic acid groups (broad SMARTS) is 1. The first-order valence-electron chi connectivity index (χ1n) is 15.4. The van der Waals surface area contributed by atoms with E-state index in [0.29, 0.717) is 12.8 Å². The number of esters is 2.